The molecule has 0 spiro atoms. The molecule has 0 fully saturated rings. The van der Waals surface area contributed by atoms with Gasteiger partial charge in [0.1, 0.15) is 11.2 Å². The molecule has 0 saturated carbocycles. The van der Waals surface area contributed by atoms with Crippen molar-refractivity contribution in [2.45, 2.75) is 26.8 Å². The maximum atomic E-state index is 12.8. The van der Waals surface area contributed by atoms with E-state index in [2.05, 4.69) is 26.2 Å². The topological polar surface area (TPSA) is 64.0 Å². The van der Waals surface area contributed by atoms with Crippen LogP contribution in [0, 0.1) is 6.92 Å². The number of rotatable bonds is 4. The minimum atomic E-state index is -0.417. The van der Waals surface area contributed by atoms with Crippen LogP contribution in [0.15, 0.2) is 51.9 Å². The molecule has 128 valence electrons. The summed E-state index contributed by atoms with van der Waals surface area (Å²) < 4.78 is 2.79. The minimum Gasteiger partial charge on any atom is -0.331 e. The summed E-state index contributed by atoms with van der Waals surface area (Å²) in [7, 11) is 0. The highest BCUT2D eigenvalue weighted by Gasteiger charge is 2.16. The zero-order valence-electron chi connectivity index (χ0n) is 14.0. The first-order valence-electron chi connectivity index (χ1n) is 8.07. The third-order valence-electron chi connectivity index (χ3n) is 3.87. The molecule has 3 rings (SSSR count). The normalized spacial score (nSPS) is 10.8. The van der Waals surface area contributed by atoms with Crippen molar-refractivity contribution < 1.29 is 4.79 Å². The molecule has 0 atom stereocenters. The van der Waals surface area contributed by atoms with Crippen LogP contribution in [0.2, 0.25) is 0 Å². The first-order valence-corrected chi connectivity index (χ1v) is 8.86. The van der Waals surface area contributed by atoms with Crippen LogP contribution in [0.3, 0.4) is 0 Å². The molecule has 0 aliphatic heterocycles. The average Bonchev–Trinajstić information content (AvgIpc) is 2.59. The van der Waals surface area contributed by atoms with Crippen molar-refractivity contribution in [3.8, 4) is 0 Å². The summed E-state index contributed by atoms with van der Waals surface area (Å²) in [5.41, 5.74) is 1.91. The number of halogens is 1. The van der Waals surface area contributed by atoms with Gasteiger partial charge in [0.25, 0.3) is 5.91 Å². The Balaban J connectivity index is 2.07. The molecular weight excluding hydrogens is 382 g/mol. The molecule has 2 aromatic heterocycles. The Morgan fingerprint density at radius 2 is 1.92 bits per heavy atom. The number of hydrogen-bond acceptors (Lipinski definition) is 3. The van der Waals surface area contributed by atoms with Crippen molar-refractivity contribution in [2.24, 2.45) is 0 Å². The smallest absolute Gasteiger partial charge is 0.261 e. The predicted octanol–water partition coefficient (Wildman–Crippen LogP) is 4.13. The maximum Gasteiger partial charge on any atom is 0.261 e. The SMILES string of the molecule is CCCn1cc(C(=O)Nc2ccc(Br)cc2)c(=O)c2ccc(C)nc21. The van der Waals surface area contributed by atoms with E-state index in [0.717, 1.165) is 16.6 Å². The van der Waals surface area contributed by atoms with Crippen molar-refractivity contribution in [1.29, 1.82) is 0 Å². The number of amides is 1. The van der Waals surface area contributed by atoms with Gasteiger partial charge in [-0.2, -0.15) is 0 Å². The number of anilines is 1. The summed E-state index contributed by atoms with van der Waals surface area (Å²) >= 11 is 3.35. The summed E-state index contributed by atoms with van der Waals surface area (Å²) in [5.74, 6) is -0.417. The molecule has 25 heavy (non-hydrogen) atoms. The van der Waals surface area contributed by atoms with Gasteiger partial charge in [0, 0.05) is 28.6 Å². The van der Waals surface area contributed by atoms with E-state index < -0.39 is 5.91 Å². The lowest BCUT2D eigenvalue weighted by Crippen LogP contribution is -2.24. The van der Waals surface area contributed by atoms with Gasteiger partial charge in [-0.3, -0.25) is 9.59 Å². The molecule has 0 radical (unpaired) electrons. The predicted molar refractivity (Wildman–Crippen MR) is 103 cm³/mol. The van der Waals surface area contributed by atoms with Gasteiger partial charge in [-0.25, -0.2) is 4.98 Å². The van der Waals surface area contributed by atoms with Gasteiger partial charge in [0.15, 0.2) is 0 Å². The molecule has 1 N–H and O–H groups in total. The molecule has 0 bridgehead atoms. The lowest BCUT2D eigenvalue weighted by Gasteiger charge is -2.12. The third kappa shape index (κ3) is 3.64. The molecule has 1 amide bonds. The highest BCUT2D eigenvalue weighted by Crippen LogP contribution is 2.16. The van der Waals surface area contributed by atoms with E-state index in [1.807, 2.05) is 30.5 Å². The zero-order valence-corrected chi connectivity index (χ0v) is 15.6. The van der Waals surface area contributed by atoms with Gasteiger partial charge in [-0.1, -0.05) is 22.9 Å². The van der Waals surface area contributed by atoms with E-state index in [0.29, 0.717) is 23.3 Å². The van der Waals surface area contributed by atoms with Crippen LogP contribution in [-0.2, 0) is 6.54 Å². The van der Waals surface area contributed by atoms with E-state index in [-0.39, 0.29) is 11.0 Å². The Kier molecular flexibility index (Phi) is 4.99. The van der Waals surface area contributed by atoms with Crippen LogP contribution in [0.4, 0.5) is 5.69 Å². The number of benzene rings is 1. The second-order valence-corrected chi connectivity index (χ2v) is 6.77. The molecule has 0 aliphatic rings. The number of pyridine rings is 2. The highest BCUT2D eigenvalue weighted by molar-refractivity contribution is 9.10. The van der Waals surface area contributed by atoms with Crippen LogP contribution in [0.25, 0.3) is 11.0 Å². The second-order valence-electron chi connectivity index (χ2n) is 5.85. The van der Waals surface area contributed by atoms with Gasteiger partial charge in [-0.05, 0) is 49.7 Å². The number of hydrogen-bond donors (Lipinski definition) is 1. The van der Waals surface area contributed by atoms with Gasteiger partial charge in [0.2, 0.25) is 5.43 Å². The quantitative estimate of drug-likeness (QED) is 0.716. The Labute approximate surface area is 153 Å². The largest absolute Gasteiger partial charge is 0.331 e. The highest BCUT2D eigenvalue weighted by atomic mass is 79.9. The number of aromatic nitrogens is 2. The molecule has 2 heterocycles. The second kappa shape index (κ2) is 7.19. The van der Waals surface area contributed by atoms with Crippen molar-refractivity contribution >= 4 is 38.6 Å². The molecular formula is C19H18BrN3O2. The van der Waals surface area contributed by atoms with E-state index in [9.17, 15) is 9.59 Å². The number of nitrogens with one attached hydrogen (secondary N) is 1. The molecule has 3 aromatic rings. The number of fused-ring (bicyclic) bond motifs is 1. The van der Waals surface area contributed by atoms with Gasteiger partial charge in [0.05, 0.1) is 5.39 Å². The van der Waals surface area contributed by atoms with Crippen LogP contribution in [-0.4, -0.2) is 15.5 Å². The fourth-order valence-corrected chi connectivity index (χ4v) is 2.93. The molecule has 5 nitrogen and oxygen atoms in total. The fourth-order valence-electron chi connectivity index (χ4n) is 2.66. The van der Waals surface area contributed by atoms with Crippen molar-refractivity contribution in [2.75, 3.05) is 5.32 Å². The van der Waals surface area contributed by atoms with Gasteiger partial charge in [-0.15, -0.1) is 0 Å². The number of carbonyl (C=O) groups excluding carboxylic acids is 1. The first kappa shape index (κ1) is 17.4. The van der Waals surface area contributed by atoms with Gasteiger partial charge < -0.3 is 9.88 Å². The molecule has 0 aliphatic carbocycles. The number of nitrogens with zero attached hydrogens (tertiary/aromatic N) is 2. The molecule has 0 unspecified atom stereocenters. The zero-order chi connectivity index (χ0) is 18.0. The Hall–Kier alpha value is -2.47. The average molecular weight is 400 g/mol. The van der Waals surface area contributed by atoms with Crippen molar-refractivity contribution in [1.82, 2.24) is 9.55 Å². The standard InChI is InChI=1S/C19H18BrN3O2/c1-3-10-23-11-16(17(24)15-9-4-12(2)21-18(15)23)19(25)22-14-7-5-13(20)6-8-14/h4-9,11H,3,10H2,1-2H3,(H,22,25). The summed E-state index contributed by atoms with van der Waals surface area (Å²) in [6.45, 7) is 4.61. The monoisotopic (exact) mass is 399 g/mol. The van der Waals surface area contributed by atoms with E-state index >= 15 is 0 Å². The Bertz CT molecular complexity index is 994. The molecule has 6 heteroatoms. The summed E-state index contributed by atoms with van der Waals surface area (Å²) in [4.78, 5) is 29.9. The molecule has 1 aromatic carbocycles. The number of carbonyl (C=O) groups is 1. The number of aryl methyl sites for hydroxylation is 2. The molecule has 0 saturated heterocycles. The van der Waals surface area contributed by atoms with E-state index in [1.54, 1.807) is 30.5 Å². The maximum absolute atomic E-state index is 12.8. The summed E-state index contributed by atoms with van der Waals surface area (Å²) in [6, 6.07) is 10.7. The minimum absolute atomic E-state index is 0.120. The van der Waals surface area contributed by atoms with E-state index in [4.69, 9.17) is 0 Å². The van der Waals surface area contributed by atoms with Crippen LogP contribution >= 0.6 is 15.9 Å². The first-order chi connectivity index (χ1) is 12.0. The summed E-state index contributed by atoms with van der Waals surface area (Å²) in [6.07, 6.45) is 2.48. The van der Waals surface area contributed by atoms with E-state index in [1.165, 1.54) is 0 Å². The van der Waals surface area contributed by atoms with Crippen molar-refractivity contribution in [3.05, 3.63) is 68.5 Å². The third-order valence-corrected chi connectivity index (χ3v) is 4.40. The lowest BCUT2D eigenvalue weighted by atomic mass is 10.1. The van der Waals surface area contributed by atoms with Crippen LogP contribution in [0.5, 0.6) is 0 Å². The lowest BCUT2D eigenvalue weighted by molar-refractivity contribution is 0.102. The Morgan fingerprint density at radius 1 is 1.20 bits per heavy atom. The fraction of sp³-hybridized carbons (Fsp3) is 0.211. The van der Waals surface area contributed by atoms with Crippen LogP contribution < -0.4 is 10.7 Å². The van der Waals surface area contributed by atoms with Crippen molar-refractivity contribution in [3.63, 3.8) is 0 Å². The Morgan fingerprint density at radius 3 is 2.60 bits per heavy atom. The van der Waals surface area contributed by atoms with Gasteiger partial charge >= 0.3 is 0 Å². The van der Waals surface area contributed by atoms with Crippen LogP contribution in [0.1, 0.15) is 29.4 Å². The summed E-state index contributed by atoms with van der Waals surface area (Å²) in [5, 5.41) is 3.24.